The van der Waals surface area contributed by atoms with Crippen molar-refractivity contribution in [3.8, 4) is 0 Å². The normalized spacial score (nSPS) is 10.6. The molecule has 0 nitrogen and oxygen atoms in total. The molecule has 0 fully saturated rings. The van der Waals surface area contributed by atoms with Gasteiger partial charge in [0.2, 0.25) is 0 Å². The largest absolute Gasteiger partial charge is 0.152 e. The summed E-state index contributed by atoms with van der Waals surface area (Å²) in [7, 11) is 0. The standard InChI is InChI=1S/C13H13ClS2/c14-9-11-1-3-13(4-2-11)16-8-6-12-5-7-15-10-12/h1-5,7,10H,6,8-9H2. The van der Waals surface area contributed by atoms with Crippen molar-refractivity contribution in [1.82, 2.24) is 0 Å². The van der Waals surface area contributed by atoms with Crippen LogP contribution in [-0.2, 0) is 12.3 Å². The van der Waals surface area contributed by atoms with E-state index >= 15 is 0 Å². The van der Waals surface area contributed by atoms with Crippen LogP contribution in [-0.4, -0.2) is 5.75 Å². The molecular weight excluding hydrogens is 256 g/mol. The van der Waals surface area contributed by atoms with Gasteiger partial charge in [0.1, 0.15) is 0 Å². The molecule has 0 radical (unpaired) electrons. The molecule has 0 bridgehead atoms. The van der Waals surface area contributed by atoms with E-state index in [2.05, 4.69) is 41.1 Å². The third kappa shape index (κ3) is 3.55. The Morgan fingerprint density at radius 1 is 1.06 bits per heavy atom. The van der Waals surface area contributed by atoms with Crippen molar-refractivity contribution in [1.29, 1.82) is 0 Å². The fraction of sp³-hybridized carbons (Fsp3) is 0.231. The lowest BCUT2D eigenvalue weighted by Gasteiger charge is -2.01. The van der Waals surface area contributed by atoms with Crippen molar-refractivity contribution in [2.45, 2.75) is 17.2 Å². The number of thiophene rings is 1. The highest BCUT2D eigenvalue weighted by Gasteiger charge is 1.97. The van der Waals surface area contributed by atoms with Gasteiger partial charge in [0.15, 0.2) is 0 Å². The molecule has 0 aliphatic carbocycles. The van der Waals surface area contributed by atoms with E-state index in [0.717, 1.165) is 12.2 Å². The highest BCUT2D eigenvalue weighted by atomic mass is 35.5. The van der Waals surface area contributed by atoms with Crippen molar-refractivity contribution in [3.63, 3.8) is 0 Å². The molecule has 1 aromatic heterocycles. The van der Waals surface area contributed by atoms with Crippen LogP contribution in [0.3, 0.4) is 0 Å². The first-order chi connectivity index (χ1) is 7.88. The second kappa shape index (κ2) is 6.33. The van der Waals surface area contributed by atoms with E-state index in [1.54, 1.807) is 11.3 Å². The van der Waals surface area contributed by atoms with Gasteiger partial charge >= 0.3 is 0 Å². The Balaban J connectivity index is 1.81. The van der Waals surface area contributed by atoms with Crippen LogP contribution in [0, 0.1) is 0 Å². The number of rotatable bonds is 5. The van der Waals surface area contributed by atoms with Crippen LogP contribution in [0.15, 0.2) is 46.0 Å². The molecule has 0 aliphatic heterocycles. The van der Waals surface area contributed by atoms with E-state index in [-0.39, 0.29) is 0 Å². The molecule has 0 N–H and O–H groups in total. The molecule has 2 rings (SSSR count). The second-order valence-corrected chi connectivity index (χ2v) is 5.72. The van der Waals surface area contributed by atoms with Crippen molar-refractivity contribution in [2.24, 2.45) is 0 Å². The van der Waals surface area contributed by atoms with E-state index in [1.807, 2.05) is 11.8 Å². The zero-order chi connectivity index (χ0) is 11.2. The topological polar surface area (TPSA) is 0 Å². The number of hydrogen-bond acceptors (Lipinski definition) is 2. The molecule has 0 aliphatic rings. The van der Waals surface area contributed by atoms with Gasteiger partial charge in [-0.05, 0) is 46.5 Å². The minimum absolute atomic E-state index is 0.597. The minimum atomic E-state index is 0.597. The van der Waals surface area contributed by atoms with Crippen molar-refractivity contribution < 1.29 is 0 Å². The molecule has 0 unspecified atom stereocenters. The zero-order valence-corrected chi connectivity index (χ0v) is 11.2. The maximum Gasteiger partial charge on any atom is 0.0474 e. The third-order valence-electron chi connectivity index (χ3n) is 2.32. The first kappa shape index (κ1) is 12.0. The molecule has 0 saturated carbocycles. The summed E-state index contributed by atoms with van der Waals surface area (Å²) in [6.45, 7) is 0. The van der Waals surface area contributed by atoms with Crippen molar-refractivity contribution >= 4 is 34.7 Å². The number of alkyl halides is 1. The Morgan fingerprint density at radius 2 is 1.88 bits per heavy atom. The summed E-state index contributed by atoms with van der Waals surface area (Å²) in [6.07, 6.45) is 1.14. The number of hydrogen-bond donors (Lipinski definition) is 0. The average molecular weight is 269 g/mol. The first-order valence-electron chi connectivity index (χ1n) is 5.17. The number of benzene rings is 1. The second-order valence-electron chi connectivity index (χ2n) is 3.51. The van der Waals surface area contributed by atoms with Gasteiger partial charge in [-0.2, -0.15) is 11.3 Å². The van der Waals surface area contributed by atoms with Gasteiger partial charge in [-0.3, -0.25) is 0 Å². The monoisotopic (exact) mass is 268 g/mol. The van der Waals surface area contributed by atoms with Gasteiger partial charge < -0.3 is 0 Å². The smallest absolute Gasteiger partial charge is 0.0474 e. The predicted molar refractivity (Wildman–Crippen MR) is 74.7 cm³/mol. The number of thioether (sulfide) groups is 1. The molecule has 0 amide bonds. The number of halogens is 1. The molecule has 2 aromatic rings. The van der Waals surface area contributed by atoms with Crippen LogP contribution in [0.2, 0.25) is 0 Å². The lowest BCUT2D eigenvalue weighted by molar-refractivity contribution is 1.17. The minimum Gasteiger partial charge on any atom is -0.152 e. The molecule has 0 saturated heterocycles. The third-order valence-corrected chi connectivity index (χ3v) is 4.37. The fourth-order valence-corrected chi connectivity index (χ4v) is 3.18. The summed E-state index contributed by atoms with van der Waals surface area (Å²) >= 11 is 9.41. The van der Waals surface area contributed by atoms with E-state index in [4.69, 9.17) is 11.6 Å². The lowest BCUT2D eigenvalue weighted by atomic mass is 10.2. The summed E-state index contributed by atoms with van der Waals surface area (Å²) in [5.74, 6) is 1.73. The molecule has 3 heteroatoms. The Labute approximate surface area is 110 Å². The Morgan fingerprint density at radius 3 is 2.50 bits per heavy atom. The highest BCUT2D eigenvalue weighted by Crippen LogP contribution is 2.20. The van der Waals surface area contributed by atoms with E-state index in [0.29, 0.717) is 5.88 Å². The summed E-state index contributed by atoms with van der Waals surface area (Å²) in [4.78, 5) is 1.32. The average Bonchev–Trinajstić information content (AvgIpc) is 2.83. The fourth-order valence-electron chi connectivity index (χ4n) is 1.40. The Kier molecular flexibility index (Phi) is 4.76. The van der Waals surface area contributed by atoms with E-state index < -0.39 is 0 Å². The van der Waals surface area contributed by atoms with Crippen LogP contribution in [0.4, 0.5) is 0 Å². The van der Waals surface area contributed by atoms with E-state index in [1.165, 1.54) is 16.0 Å². The van der Waals surface area contributed by atoms with Crippen LogP contribution in [0.25, 0.3) is 0 Å². The van der Waals surface area contributed by atoms with Gasteiger partial charge in [-0.15, -0.1) is 23.4 Å². The van der Waals surface area contributed by atoms with Crippen molar-refractivity contribution in [3.05, 3.63) is 52.2 Å². The van der Waals surface area contributed by atoms with Gasteiger partial charge in [-0.1, -0.05) is 12.1 Å². The molecule has 0 atom stereocenters. The van der Waals surface area contributed by atoms with E-state index in [9.17, 15) is 0 Å². The van der Waals surface area contributed by atoms with Crippen LogP contribution in [0.5, 0.6) is 0 Å². The van der Waals surface area contributed by atoms with Gasteiger partial charge in [0.05, 0.1) is 0 Å². The summed E-state index contributed by atoms with van der Waals surface area (Å²) in [5, 5.41) is 4.35. The highest BCUT2D eigenvalue weighted by molar-refractivity contribution is 7.99. The van der Waals surface area contributed by atoms with Crippen LogP contribution < -0.4 is 0 Å². The SMILES string of the molecule is ClCc1ccc(SCCc2ccsc2)cc1. The van der Waals surface area contributed by atoms with Gasteiger partial charge in [0, 0.05) is 16.5 Å². The molecule has 16 heavy (non-hydrogen) atoms. The maximum atomic E-state index is 5.75. The quantitative estimate of drug-likeness (QED) is 0.553. The molecule has 84 valence electrons. The zero-order valence-electron chi connectivity index (χ0n) is 8.86. The summed E-state index contributed by atoms with van der Waals surface area (Å²) < 4.78 is 0. The van der Waals surface area contributed by atoms with Crippen LogP contribution >= 0.6 is 34.7 Å². The lowest BCUT2D eigenvalue weighted by Crippen LogP contribution is -1.85. The maximum absolute atomic E-state index is 5.75. The predicted octanol–water partition coefficient (Wildman–Crippen LogP) is 4.82. The summed E-state index contributed by atoms with van der Waals surface area (Å²) in [6, 6.07) is 10.7. The molecule has 1 heterocycles. The van der Waals surface area contributed by atoms with Crippen LogP contribution in [0.1, 0.15) is 11.1 Å². The number of aryl methyl sites for hydroxylation is 1. The Hall–Kier alpha value is -0.440. The first-order valence-corrected chi connectivity index (χ1v) is 7.63. The van der Waals surface area contributed by atoms with Gasteiger partial charge in [-0.25, -0.2) is 0 Å². The van der Waals surface area contributed by atoms with Crippen molar-refractivity contribution in [2.75, 3.05) is 5.75 Å². The molecule has 0 spiro atoms. The molecule has 1 aromatic carbocycles. The van der Waals surface area contributed by atoms with Gasteiger partial charge in [0.25, 0.3) is 0 Å². The Bertz CT molecular complexity index is 406. The summed E-state index contributed by atoms with van der Waals surface area (Å²) in [5.41, 5.74) is 2.62. The molecular formula is C13H13ClS2.